The molecule has 0 aliphatic carbocycles. The number of imidazole rings is 1. The number of aromatic nitrogens is 4. The number of para-hydroxylation sites is 1. The first-order chi connectivity index (χ1) is 13.4. The minimum absolute atomic E-state index is 0.428. The van der Waals surface area contributed by atoms with Crippen molar-refractivity contribution in [1.82, 2.24) is 19.5 Å². The van der Waals surface area contributed by atoms with E-state index in [0.717, 1.165) is 30.3 Å². The van der Waals surface area contributed by atoms with E-state index in [4.69, 9.17) is 9.97 Å². The standard InChI is InChI=1S/C21H21N5S/c1-2-8-19-18(7-1)24-21(27-19)26-11-4-6-17(15-26)20-23-10-12-25(20)14-16-5-3-9-22-13-16/h1-3,5,7-10,12-13,17H,4,6,11,14-15H2. The van der Waals surface area contributed by atoms with E-state index >= 15 is 0 Å². The van der Waals surface area contributed by atoms with Gasteiger partial charge in [0.25, 0.3) is 0 Å². The quantitative estimate of drug-likeness (QED) is 0.533. The molecule has 0 amide bonds. The minimum Gasteiger partial charge on any atom is -0.347 e. The van der Waals surface area contributed by atoms with Crippen LogP contribution in [0.5, 0.6) is 0 Å². The molecule has 4 heterocycles. The fourth-order valence-electron chi connectivity index (χ4n) is 3.86. The van der Waals surface area contributed by atoms with E-state index < -0.39 is 0 Å². The van der Waals surface area contributed by atoms with Crippen molar-refractivity contribution in [2.75, 3.05) is 18.0 Å². The van der Waals surface area contributed by atoms with Gasteiger partial charge in [-0.3, -0.25) is 4.98 Å². The Balaban J connectivity index is 1.38. The molecule has 0 N–H and O–H groups in total. The van der Waals surface area contributed by atoms with Gasteiger partial charge in [0.2, 0.25) is 0 Å². The van der Waals surface area contributed by atoms with Gasteiger partial charge in [0.15, 0.2) is 5.13 Å². The number of benzene rings is 1. The molecule has 6 heteroatoms. The molecule has 4 aromatic rings. The SMILES string of the molecule is c1cncc(Cn2ccnc2C2CCCN(c3nc4ccccc4s3)C2)c1. The minimum atomic E-state index is 0.428. The van der Waals surface area contributed by atoms with Gasteiger partial charge < -0.3 is 9.47 Å². The molecule has 3 aromatic heterocycles. The zero-order chi connectivity index (χ0) is 18.1. The molecule has 5 rings (SSSR count). The first-order valence-corrected chi connectivity index (χ1v) is 10.2. The molecule has 0 bridgehead atoms. The van der Waals surface area contributed by atoms with Crippen molar-refractivity contribution < 1.29 is 0 Å². The largest absolute Gasteiger partial charge is 0.347 e. The van der Waals surface area contributed by atoms with Gasteiger partial charge in [-0.25, -0.2) is 9.97 Å². The van der Waals surface area contributed by atoms with Crippen molar-refractivity contribution >= 4 is 26.7 Å². The molecule has 1 fully saturated rings. The number of anilines is 1. The maximum Gasteiger partial charge on any atom is 0.186 e. The van der Waals surface area contributed by atoms with Crippen LogP contribution < -0.4 is 4.90 Å². The van der Waals surface area contributed by atoms with Crippen LogP contribution >= 0.6 is 11.3 Å². The van der Waals surface area contributed by atoms with Crippen LogP contribution in [0.2, 0.25) is 0 Å². The van der Waals surface area contributed by atoms with E-state index in [1.54, 1.807) is 11.3 Å². The van der Waals surface area contributed by atoms with Crippen molar-refractivity contribution in [1.29, 1.82) is 0 Å². The Morgan fingerprint density at radius 3 is 2.96 bits per heavy atom. The van der Waals surface area contributed by atoms with Gasteiger partial charge in [0.05, 0.1) is 16.8 Å². The lowest BCUT2D eigenvalue weighted by atomic mass is 9.97. The smallest absolute Gasteiger partial charge is 0.186 e. The maximum absolute atomic E-state index is 4.85. The van der Waals surface area contributed by atoms with Crippen molar-refractivity contribution in [2.45, 2.75) is 25.3 Å². The predicted octanol–water partition coefficient (Wildman–Crippen LogP) is 4.32. The molecule has 1 unspecified atom stereocenters. The summed E-state index contributed by atoms with van der Waals surface area (Å²) in [6.07, 6.45) is 10.1. The Morgan fingerprint density at radius 2 is 2.07 bits per heavy atom. The molecule has 27 heavy (non-hydrogen) atoms. The third-order valence-electron chi connectivity index (χ3n) is 5.16. The van der Waals surface area contributed by atoms with Gasteiger partial charge in [0.1, 0.15) is 5.82 Å². The number of hydrogen-bond acceptors (Lipinski definition) is 5. The normalized spacial score (nSPS) is 17.5. The second-order valence-electron chi connectivity index (χ2n) is 7.02. The maximum atomic E-state index is 4.85. The topological polar surface area (TPSA) is 46.8 Å². The van der Waals surface area contributed by atoms with E-state index in [1.807, 2.05) is 24.7 Å². The molecule has 0 spiro atoms. The third kappa shape index (κ3) is 3.32. The summed E-state index contributed by atoms with van der Waals surface area (Å²) in [5, 5.41) is 1.13. The molecule has 5 nitrogen and oxygen atoms in total. The van der Waals surface area contributed by atoms with E-state index in [0.29, 0.717) is 5.92 Å². The summed E-state index contributed by atoms with van der Waals surface area (Å²) in [7, 11) is 0. The van der Waals surface area contributed by atoms with Crippen molar-refractivity contribution in [3.05, 3.63) is 72.6 Å². The lowest BCUT2D eigenvalue weighted by Crippen LogP contribution is -2.35. The number of fused-ring (bicyclic) bond motifs is 1. The van der Waals surface area contributed by atoms with E-state index in [2.05, 4.69) is 51.0 Å². The van der Waals surface area contributed by atoms with Gasteiger partial charge in [-0.1, -0.05) is 29.5 Å². The van der Waals surface area contributed by atoms with Crippen LogP contribution in [0.1, 0.15) is 30.1 Å². The average molecular weight is 376 g/mol. The molecule has 136 valence electrons. The molecule has 1 atom stereocenters. The number of pyridine rings is 1. The lowest BCUT2D eigenvalue weighted by Gasteiger charge is -2.32. The molecule has 1 aliphatic heterocycles. The molecule has 1 aliphatic rings. The molecule has 1 saturated heterocycles. The highest BCUT2D eigenvalue weighted by Gasteiger charge is 2.26. The van der Waals surface area contributed by atoms with Crippen LogP contribution in [0.4, 0.5) is 5.13 Å². The monoisotopic (exact) mass is 375 g/mol. The van der Waals surface area contributed by atoms with Crippen LogP contribution in [-0.4, -0.2) is 32.6 Å². The zero-order valence-electron chi connectivity index (χ0n) is 15.0. The van der Waals surface area contributed by atoms with E-state index in [-0.39, 0.29) is 0 Å². The van der Waals surface area contributed by atoms with Gasteiger partial charge in [-0.2, -0.15) is 0 Å². The fraction of sp³-hybridized carbons (Fsp3) is 0.286. The van der Waals surface area contributed by atoms with Gasteiger partial charge in [-0.05, 0) is 36.6 Å². The summed E-state index contributed by atoms with van der Waals surface area (Å²) in [5.74, 6) is 1.60. The summed E-state index contributed by atoms with van der Waals surface area (Å²) in [6, 6.07) is 12.5. The Kier molecular flexibility index (Phi) is 4.33. The summed E-state index contributed by atoms with van der Waals surface area (Å²) in [5.41, 5.74) is 2.30. The first-order valence-electron chi connectivity index (χ1n) is 9.37. The van der Waals surface area contributed by atoms with Crippen LogP contribution in [0.3, 0.4) is 0 Å². The molecule has 0 radical (unpaired) electrons. The average Bonchev–Trinajstić information content (AvgIpc) is 3.36. The number of thiazole rings is 1. The number of nitrogens with zero attached hydrogens (tertiary/aromatic N) is 5. The van der Waals surface area contributed by atoms with Gasteiger partial charge >= 0.3 is 0 Å². The van der Waals surface area contributed by atoms with Crippen molar-refractivity contribution in [2.24, 2.45) is 0 Å². The van der Waals surface area contributed by atoms with Crippen molar-refractivity contribution in [3.63, 3.8) is 0 Å². The molecule has 1 aromatic carbocycles. The molecule has 0 saturated carbocycles. The van der Waals surface area contributed by atoms with Gasteiger partial charge in [-0.15, -0.1) is 0 Å². The lowest BCUT2D eigenvalue weighted by molar-refractivity contribution is 0.476. The molecular weight excluding hydrogens is 354 g/mol. The Labute approximate surface area is 162 Å². The second kappa shape index (κ2) is 7.12. The van der Waals surface area contributed by atoms with Crippen LogP contribution in [0, 0.1) is 0 Å². The van der Waals surface area contributed by atoms with E-state index in [1.165, 1.54) is 28.9 Å². The predicted molar refractivity (Wildman–Crippen MR) is 109 cm³/mol. The highest BCUT2D eigenvalue weighted by atomic mass is 32.1. The summed E-state index contributed by atoms with van der Waals surface area (Å²) in [4.78, 5) is 16.2. The fourth-order valence-corrected chi connectivity index (χ4v) is 4.86. The first kappa shape index (κ1) is 16.4. The summed E-state index contributed by atoms with van der Waals surface area (Å²) >= 11 is 1.79. The number of piperidine rings is 1. The Hall–Kier alpha value is -2.73. The third-order valence-corrected chi connectivity index (χ3v) is 6.26. The Bertz CT molecular complexity index is 1010. The van der Waals surface area contributed by atoms with Gasteiger partial charge in [0, 0.05) is 43.8 Å². The summed E-state index contributed by atoms with van der Waals surface area (Å²) < 4.78 is 3.52. The number of hydrogen-bond donors (Lipinski definition) is 0. The van der Waals surface area contributed by atoms with Crippen LogP contribution in [-0.2, 0) is 6.54 Å². The van der Waals surface area contributed by atoms with Crippen molar-refractivity contribution in [3.8, 4) is 0 Å². The summed E-state index contributed by atoms with van der Waals surface area (Å²) in [6.45, 7) is 2.87. The number of rotatable bonds is 4. The molecular formula is C21H21N5S. The van der Waals surface area contributed by atoms with E-state index in [9.17, 15) is 0 Å². The highest BCUT2D eigenvalue weighted by molar-refractivity contribution is 7.22. The van der Waals surface area contributed by atoms with Crippen LogP contribution in [0.15, 0.2) is 61.2 Å². The zero-order valence-corrected chi connectivity index (χ0v) is 15.8. The second-order valence-corrected chi connectivity index (χ2v) is 8.03. The van der Waals surface area contributed by atoms with Crippen LogP contribution in [0.25, 0.3) is 10.2 Å². The Morgan fingerprint density at radius 1 is 1.11 bits per heavy atom. The highest BCUT2D eigenvalue weighted by Crippen LogP contribution is 2.34.